The fourth-order valence-corrected chi connectivity index (χ4v) is 3.34. The molecule has 0 saturated heterocycles. The number of aromatic nitrogens is 2. The Morgan fingerprint density at radius 1 is 1.09 bits per heavy atom. The van der Waals surface area contributed by atoms with Crippen LogP contribution in [0.2, 0.25) is 0 Å². The van der Waals surface area contributed by atoms with E-state index in [9.17, 15) is 4.79 Å². The molecule has 0 radical (unpaired) electrons. The highest BCUT2D eigenvalue weighted by atomic mass is 32.1. The molecule has 2 N–H and O–H groups in total. The van der Waals surface area contributed by atoms with Gasteiger partial charge in [-0.05, 0) is 67.2 Å². The second-order valence-corrected chi connectivity index (χ2v) is 7.26. The number of amides is 1. The number of oxazole rings is 1. The SMILES string of the molecule is COc1ccc(C(=O)NC(=S)Nc2ccc(-c3nc4ncccc4o3)cc2C)c(OC)c1. The second-order valence-electron chi connectivity index (χ2n) is 6.85. The molecule has 0 atom stereocenters. The molecule has 0 aliphatic carbocycles. The number of nitrogens with zero attached hydrogens (tertiary/aromatic N) is 2. The van der Waals surface area contributed by atoms with Gasteiger partial charge >= 0.3 is 0 Å². The molecule has 1 amide bonds. The van der Waals surface area contributed by atoms with Crippen LogP contribution in [0.15, 0.2) is 59.1 Å². The van der Waals surface area contributed by atoms with E-state index in [4.69, 9.17) is 26.1 Å². The Morgan fingerprint density at radius 3 is 2.66 bits per heavy atom. The second kappa shape index (κ2) is 9.03. The minimum Gasteiger partial charge on any atom is -0.497 e. The number of carbonyl (C=O) groups excluding carboxylic acids is 1. The van der Waals surface area contributed by atoms with E-state index in [0.29, 0.717) is 34.2 Å². The summed E-state index contributed by atoms with van der Waals surface area (Å²) in [5, 5.41) is 5.88. The molecule has 0 spiro atoms. The van der Waals surface area contributed by atoms with Gasteiger partial charge in [0.1, 0.15) is 11.5 Å². The first-order valence-corrected chi connectivity index (χ1v) is 10.1. The molecule has 162 valence electrons. The van der Waals surface area contributed by atoms with Gasteiger partial charge in [-0.1, -0.05) is 0 Å². The van der Waals surface area contributed by atoms with Crippen molar-refractivity contribution in [2.75, 3.05) is 19.5 Å². The monoisotopic (exact) mass is 448 g/mol. The molecule has 4 rings (SSSR count). The smallest absolute Gasteiger partial charge is 0.261 e. The van der Waals surface area contributed by atoms with Crippen molar-refractivity contribution in [2.24, 2.45) is 0 Å². The van der Waals surface area contributed by atoms with Crippen molar-refractivity contribution < 1.29 is 18.7 Å². The van der Waals surface area contributed by atoms with Crippen LogP contribution in [0.3, 0.4) is 0 Å². The van der Waals surface area contributed by atoms with Gasteiger partial charge in [0.05, 0.1) is 19.8 Å². The molecule has 2 aromatic heterocycles. The number of hydrogen-bond donors (Lipinski definition) is 2. The highest BCUT2D eigenvalue weighted by molar-refractivity contribution is 7.80. The predicted octanol–water partition coefficient (Wildman–Crippen LogP) is 4.34. The van der Waals surface area contributed by atoms with Crippen molar-refractivity contribution in [3.63, 3.8) is 0 Å². The van der Waals surface area contributed by atoms with Gasteiger partial charge in [-0.3, -0.25) is 10.1 Å². The molecular formula is C23H20N4O4S. The van der Waals surface area contributed by atoms with Crippen LogP contribution in [0, 0.1) is 6.92 Å². The van der Waals surface area contributed by atoms with Crippen LogP contribution in [0.4, 0.5) is 5.69 Å². The Balaban J connectivity index is 1.47. The van der Waals surface area contributed by atoms with Gasteiger partial charge in [0.25, 0.3) is 5.91 Å². The zero-order chi connectivity index (χ0) is 22.7. The van der Waals surface area contributed by atoms with E-state index in [1.807, 2.05) is 31.2 Å². The molecule has 0 unspecified atom stereocenters. The van der Waals surface area contributed by atoms with Crippen molar-refractivity contribution in [2.45, 2.75) is 6.92 Å². The lowest BCUT2D eigenvalue weighted by Gasteiger charge is -2.14. The zero-order valence-electron chi connectivity index (χ0n) is 17.6. The fourth-order valence-electron chi connectivity index (χ4n) is 3.14. The lowest BCUT2D eigenvalue weighted by molar-refractivity contribution is 0.0974. The highest BCUT2D eigenvalue weighted by Gasteiger charge is 2.16. The van der Waals surface area contributed by atoms with Crippen LogP contribution in [-0.2, 0) is 0 Å². The summed E-state index contributed by atoms with van der Waals surface area (Å²) in [5.74, 6) is 1.06. The minimum absolute atomic E-state index is 0.162. The summed E-state index contributed by atoms with van der Waals surface area (Å²) in [6.45, 7) is 1.92. The number of carbonyl (C=O) groups is 1. The summed E-state index contributed by atoms with van der Waals surface area (Å²) in [6.07, 6.45) is 1.67. The quantitative estimate of drug-likeness (QED) is 0.435. The lowest BCUT2D eigenvalue weighted by Crippen LogP contribution is -2.34. The molecule has 2 heterocycles. The summed E-state index contributed by atoms with van der Waals surface area (Å²) in [5.41, 5.74) is 3.98. The molecule has 0 aliphatic heterocycles. The molecule has 8 nitrogen and oxygen atoms in total. The first-order valence-electron chi connectivity index (χ1n) is 9.65. The molecule has 32 heavy (non-hydrogen) atoms. The van der Waals surface area contributed by atoms with E-state index in [1.54, 1.807) is 37.6 Å². The van der Waals surface area contributed by atoms with Gasteiger partial charge in [0, 0.05) is 23.5 Å². The van der Waals surface area contributed by atoms with E-state index in [2.05, 4.69) is 20.6 Å². The summed E-state index contributed by atoms with van der Waals surface area (Å²) < 4.78 is 16.2. The van der Waals surface area contributed by atoms with Gasteiger partial charge in [-0.2, -0.15) is 4.98 Å². The van der Waals surface area contributed by atoms with Crippen LogP contribution in [0.25, 0.3) is 22.7 Å². The van der Waals surface area contributed by atoms with E-state index in [-0.39, 0.29) is 5.11 Å². The van der Waals surface area contributed by atoms with Crippen LogP contribution in [-0.4, -0.2) is 35.2 Å². The summed E-state index contributed by atoms with van der Waals surface area (Å²) in [6, 6.07) is 14.2. The van der Waals surface area contributed by atoms with Crippen LogP contribution < -0.4 is 20.1 Å². The maximum Gasteiger partial charge on any atom is 0.261 e. The Morgan fingerprint density at radius 2 is 1.94 bits per heavy atom. The first-order chi connectivity index (χ1) is 15.5. The van der Waals surface area contributed by atoms with Crippen molar-refractivity contribution >= 4 is 40.2 Å². The third-order valence-electron chi connectivity index (χ3n) is 4.77. The molecule has 0 fully saturated rings. The normalized spacial score (nSPS) is 10.6. The number of hydrogen-bond acceptors (Lipinski definition) is 7. The van der Waals surface area contributed by atoms with Crippen molar-refractivity contribution in [1.29, 1.82) is 0 Å². The average molecular weight is 449 g/mol. The van der Waals surface area contributed by atoms with Gasteiger partial charge in [-0.15, -0.1) is 0 Å². The number of rotatable bonds is 5. The topological polar surface area (TPSA) is 98.5 Å². The molecule has 0 saturated carbocycles. The molecule has 0 aliphatic rings. The number of nitrogens with one attached hydrogen (secondary N) is 2. The van der Waals surface area contributed by atoms with Crippen LogP contribution >= 0.6 is 12.2 Å². The predicted molar refractivity (Wildman–Crippen MR) is 125 cm³/mol. The first kappa shape index (κ1) is 21.3. The number of benzene rings is 2. The van der Waals surface area contributed by atoms with E-state index < -0.39 is 5.91 Å². The van der Waals surface area contributed by atoms with Crippen molar-refractivity contribution in [3.8, 4) is 23.0 Å². The largest absolute Gasteiger partial charge is 0.497 e. The number of ether oxygens (including phenoxy) is 2. The summed E-state index contributed by atoms with van der Waals surface area (Å²) in [7, 11) is 3.03. The Labute approximate surface area is 189 Å². The van der Waals surface area contributed by atoms with E-state index in [1.165, 1.54) is 7.11 Å². The van der Waals surface area contributed by atoms with Gasteiger partial charge < -0.3 is 19.2 Å². The maximum absolute atomic E-state index is 12.6. The Bertz CT molecular complexity index is 1290. The molecular weight excluding hydrogens is 428 g/mol. The number of methoxy groups -OCH3 is 2. The standard InChI is InChI=1S/C23H20N4O4S/c1-13-11-14(22-26-20-18(31-22)5-4-10-24-20)6-9-17(13)25-23(32)27-21(28)16-8-7-15(29-2)12-19(16)30-3/h4-12H,1-3H3,(H2,25,27,28,32). The number of aryl methyl sites for hydroxylation is 1. The maximum atomic E-state index is 12.6. The fraction of sp³-hybridized carbons (Fsp3) is 0.130. The minimum atomic E-state index is -0.393. The molecule has 4 aromatic rings. The van der Waals surface area contributed by atoms with E-state index in [0.717, 1.165) is 16.8 Å². The lowest BCUT2D eigenvalue weighted by atomic mass is 10.1. The van der Waals surface area contributed by atoms with Gasteiger partial charge in [0.2, 0.25) is 5.89 Å². The van der Waals surface area contributed by atoms with Crippen LogP contribution in [0.5, 0.6) is 11.5 Å². The third-order valence-corrected chi connectivity index (χ3v) is 4.97. The molecule has 2 aromatic carbocycles. The molecule has 9 heteroatoms. The highest BCUT2D eigenvalue weighted by Crippen LogP contribution is 2.27. The average Bonchev–Trinajstić information content (AvgIpc) is 3.24. The number of thiocarbonyl (C=S) groups is 1. The number of pyridine rings is 1. The molecule has 0 bridgehead atoms. The number of anilines is 1. The van der Waals surface area contributed by atoms with Crippen molar-refractivity contribution in [1.82, 2.24) is 15.3 Å². The summed E-state index contributed by atoms with van der Waals surface area (Å²) >= 11 is 5.32. The van der Waals surface area contributed by atoms with Crippen LogP contribution in [0.1, 0.15) is 15.9 Å². The third kappa shape index (κ3) is 4.37. The summed E-state index contributed by atoms with van der Waals surface area (Å²) in [4.78, 5) is 21.3. The van der Waals surface area contributed by atoms with E-state index >= 15 is 0 Å². The number of fused-ring (bicyclic) bond motifs is 1. The van der Waals surface area contributed by atoms with Crippen molar-refractivity contribution in [3.05, 3.63) is 65.9 Å². The Hall–Kier alpha value is -3.98. The zero-order valence-corrected chi connectivity index (χ0v) is 18.4. The van der Waals surface area contributed by atoms with Gasteiger partial charge in [-0.25, -0.2) is 4.98 Å². The Kier molecular flexibility index (Phi) is 6.00. The van der Waals surface area contributed by atoms with Gasteiger partial charge in [0.15, 0.2) is 16.3 Å².